The van der Waals surface area contributed by atoms with Crippen molar-refractivity contribution in [3.05, 3.63) is 71.7 Å². The van der Waals surface area contributed by atoms with Gasteiger partial charge in [-0.25, -0.2) is 0 Å². The number of carbonyl (C=O) groups is 2. The second-order valence-corrected chi connectivity index (χ2v) is 5.88. The summed E-state index contributed by atoms with van der Waals surface area (Å²) in [4.78, 5) is 24.7. The van der Waals surface area contributed by atoms with E-state index in [1.807, 2.05) is 12.1 Å². The predicted molar refractivity (Wildman–Crippen MR) is 97.3 cm³/mol. The molecule has 0 aliphatic carbocycles. The number of para-hydroxylation sites is 1. The van der Waals surface area contributed by atoms with Gasteiger partial charge in [-0.15, -0.1) is 0 Å². The summed E-state index contributed by atoms with van der Waals surface area (Å²) in [5, 5.41) is 5.55. The van der Waals surface area contributed by atoms with Gasteiger partial charge in [0.05, 0.1) is 18.9 Å². The lowest BCUT2D eigenvalue weighted by Crippen LogP contribution is -2.25. The Morgan fingerprint density at radius 3 is 2.85 bits per heavy atom. The second-order valence-electron chi connectivity index (χ2n) is 5.88. The maximum absolute atomic E-state index is 12.5. The fourth-order valence-corrected chi connectivity index (χ4v) is 2.83. The molecule has 3 aromatic rings. The van der Waals surface area contributed by atoms with Crippen LogP contribution in [0, 0.1) is 0 Å². The first kappa shape index (κ1) is 16.7. The van der Waals surface area contributed by atoms with E-state index >= 15 is 0 Å². The molecule has 0 saturated heterocycles. The Balaban J connectivity index is 1.68. The number of methoxy groups -OCH3 is 1. The number of ether oxygens (including phenoxy) is 2. The van der Waals surface area contributed by atoms with Crippen molar-refractivity contribution in [2.75, 3.05) is 12.4 Å². The SMILES string of the molecule is COc1cccc2c1Oc1ccc(NC(=O)c3ccco3)cc1C(=O)NC2. The minimum atomic E-state index is -0.404. The van der Waals surface area contributed by atoms with E-state index in [0.717, 1.165) is 5.56 Å². The zero-order valence-corrected chi connectivity index (χ0v) is 14.4. The number of benzene rings is 2. The summed E-state index contributed by atoms with van der Waals surface area (Å²) < 4.78 is 16.4. The van der Waals surface area contributed by atoms with Crippen LogP contribution >= 0.6 is 0 Å². The molecule has 27 heavy (non-hydrogen) atoms. The zero-order chi connectivity index (χ0) is 18.8. The highest BCUT2D eigenvalue weighted by Gasteiger charge is 2.22. The van der Waals surface area contributed by atoms with Gasteiger partial charge in [0, 0.05) is 17.8 Å². The maximum Gasteiger partial charge on any atom is 0.291 e. The van der Waals surface area contributed by atoms with Crippen LogP contribution < -0.4 is 20.1 Å². The quantitative estimate of drug-likeness (QED) is 0.741. The van der Waals surface area contributed by atoms with E-state index in [1.54, 1.807) is 43.5 Å². The first-order valence-electron chi connectivity index (χ1n) is 8.26. The molecule has 7 heteroatoms. The van der Waals surface area contributed by atoms with E-state index in [0.29, 0.717) is 35.0 Å². The molecule has 0 atom stereocenters. The Hall–Kier alpha value is -3.74. The third-order valence-electron chi connectivity index (χ3n) is 4.16. The topological polar surface area (TPSA) is 89.8 Å². The van der Waals surface area contributed by atoms with E-state index in [9.17, 15) is 9.59 Å². The lowest BCUT2D eigenvalue weighted by Gasteiger charge is -2.20. The number of rotatable bonds is 3. The fourth-order valence-electron chi connectivity index (χ4n) is 2.83. The molecule has 0 saturated carbocycles. The molecular formula is C20H16N2O5. The van der Waals surface area contributed by atoms with Gasteiger partial charge in [-0.1, -0.05) is 12.1 Å². The van der Waals surface area contributed by atoms with Crippen LogP contribution in [0.3, 0.4) is 0 Å². The van der Waals surface area contributed by atoms with E-state index in [4.69, 9.17) is 13.9 Å². The molecule has 1 aromatic heterocycles. The van der Waals surface area contributed by atoms with Crippen LogP contribution in [0.4, 0.5) is 5.69 Å². The van der Waals surface area contributed by atoms with Gasteiger partial charge in [0.15, 0.2) is 17.3 Å². The highest BCUT2D eigenvalue weighted by Crippen LogP contribution is 2.38. The molecule has 136 valence electrons. The van der Waals surface area contributed by atoms with Crippen molar-refractivity contribution in [2.24, 2.45) is 0 Å². The van der Waals surface area contributed by atoms with E-state index in [1.165, 1.54) is 6.26 Å². The van der Waals surface area contributed by atoms with Crippen molar-refractivity contribution in [3.8, 4) is 17.2 Å². The summed E-state index contributed by atoms with van der Waals surface area (Å²) in [5.41, 5.74) is 1.57. The summed E-state index contributed by atoms with van der Waals surface area (Å²) >= 11 is 0. The van der Waals surface area contributed by atoms with Crippen LogP contribution in [0.2, 0.25) is 0 Å². The van der Waals surface area contributed by atoms with Crippen molar-refractivity contribution in [1.29, 1.82) is 0 Å². The third-order valence-corrected chi connectivity index (χ3v) is 4.16. The van der Waals surface area contributed by atoms with Crippen molar-refractivity contribution >= 4 is 17.5 Å². The molecule has 2 aromatic carbocycles. The standard InChI is InChI=1S/C20H16N2O5/c1-25-16-5-2-4-12-11-21-19(23)14-10-13(7-8-15(14)27-18(12)16)22-20(24)17-6-3-9-26-17/h2-10H,11H2,1H3,(H,21,23)(H,22,24). The Morgan fingerprint density at radius 1 is 1.19 bits per heavy atom. The number of furan rings is 1. The largest absolute Gasteiger partial charge is 0.493 e. The van der Waals surface area contributed by atoms with Crippen molar-refractivity contribution in [3.63, 3.8) is 0 Å². The first-order chi connectivity index (χ1) is 13.2. The van der Waals surface area contributed by atoms with Crippen LogP contribution in [0.5, 0.6) is 17.2 Å². The third kappa shape index (κ3) is 3.22. The van der Waals surface area contributed by atoms with Gasteiger partial charge < -0.3 is 24.5 Å². The van der Waals surface area contributed by atoms with Gasteiger partial charge in [0.25, 0.3) is 11.8 Å². The molecule has 7 nitrogen and oxygen atoms in total. The average Bonchev–Trinajstić information content (AvgIpc) is 3.21. The lowest BCUT2D eigenvalue weighted by atomic mass is 10.1. The summed E-state index contributed by atoms with van der Waals surface area (Å²) in [6.45, 7) is 0.299. The second kappa shape index (κ2) is 6.87. The molecule has 0 radical (unpaired) electrons. The maximum atomic E-state index is 12.5. The smallest absolute Gasteiger partial charge is 0.291 e. The van der Waals surface area contributed by atoms with Gasteiger partial charge >= 0.3 is 0 Å². The molecule has 4 rings (SSSR count). The predicted octanol–water partition coefficient (Wildman–Crippen LogP) is 3.58. The van der Waals surface area contributed by atoms with Crippen molar-refractivity contribution in [2.45, 2.75) is 6.54 Å². The number of amides is 2. The van der Waals surface area contributed by atoms with Gasteiger partial charge in [0.2, 0.25) is 0 Å². The molecule has 0 bridgehead atoms. The summed E-state index contributed by atoms with van der Waals surface area (Å²) in [5.74, 6) is 0.972. The summed E-state index contributed by atoms with van der Waals surface area (Å²) in [7, 11) is 1.56. The highest BCUT2D eigenvalue weighted by atomic mass is 16.5. The number of fused-ring (bicyclic) bond motifs is 2. The molecule has 2 amide bonds. The van der Waals surface area contributed by atoms with Crippen LogP contribution in [0.25, 0.3) is 0 Å². The first-order valence-corrected chi connectivity index (χ1v) is 8.26. The van der Waals surface area contributed by atoms with Crippen LogP contribution in [0.1, 0.15) is 26.5 Å². The molecule has 2 heterocycles. The van der Waals surface area contributed by atoms with Crippen molar-refractivity contribution in [1.82, 2.24) is 5.32 Å². The van der Waals surface area contributed by atoms with Gasteiger partial charge in [0.1, 0.15) is 5.75 Å². The van der Waals surface area contributed by atoms with E-state index in [2.05, 4.69) is 10.6 Å². The van der Waals surface area contributed by atoms with E-state index < -0.39 is 5.91 Å². The van der Waals surface area contributed by atoms with Crippen LogP contribution in [-0.4, -0.2) is 18.9 Å². The summed E-state index contributed by atoms with van der Waals surface area (Å²) in [6.07, 6.45) is 1.42. The Labute approximate surface area is 154 Å². The van der Waals surface area contributed by atoms with E-state index in [-0.39, 0.29) is 11.7 Å². The average molecular weight is 364 g/mol. The molecule has 0 fully saturated rings. The normalized spacial score (nSPS) is 12.6. The minimum absolute atomic E-state index is 0.182. The highest BCUT2D eigenvalue weighted by molar-refractivity contribution is 6.04. The molecule has 0 spiro atoms. The Bertz CT molecular complexity index is 1010. The number of nitrogens with one attached hydrogen (secondary N) is 2. The molecule has 1 aliphatic heterocycles. The Kier molecular flexibility index (Phi) is 4.25. The zero-order valence-electron chi connectivity index (χ0n) is 14.4. The fraction of sp³-hybridized carbons (Fsp3) is 0.100. The number of hydrogen-bond donors (Lipinski definition) is 2. The number of anilines is 1. The van der Waals surface area contributed by atoms with Crippen molar-refractivity contribution < 1.29 is 23.5 Å². The minimum Gasteiger partial charge on any atom is -0.493 e. The number of hydrogen-bond acceptors (Lipinski definition) is 5. The van der Waals surface area contributed by atoms with Crippen LogP contribution in [0.15, 0.2) is 59.2 Å². The monoisotopic (exact) mass is 364 g/mol. The van der Waals surface area contributed by atoms with Gasteiger partial charge in [-0.3, -0.25) is 9.59 Å². The van der Waals surface area contributed by atoms with Gasteiger partial charge in [-0.2, -0.15) is 0 Å². The Morgan fingerprint density at radius 2 is 2.07 bits per heavy atom. The molecular weight excluding hydrogens is 348 g/mol. The molecule has 2 N–H and O–H groups in total. The number of carbonyl (C=O) groups excluding carboxylic acids is 2. The molecule has 1 aliphatic rings. The van der Waals surface area contributed by atoms with Crippen LogP contribution in [-0.2, 0) is 6.54 Å². The van der Waals surface area contributed by atoms with Gasteiger partial charge in [-0.05, 0) is 36.4 Å². The summed E-state index contributed by atoms with van der Waals surface area (Å²) in [6, 6.07) is 13.5. The lowest BCUT2D eigenvalue weighted by molar-refractivity contribution is 0.0944. The molecule has 0 unspecified atom stereocenters.